The van der Waals surface area contributed by atoms with E-state index in [1.54, 1.807) is 13.2 Å². The molecule has 0 fully saturated rings. The molecule has 0 radical (unpaired) electrons. The second-order valence-corrected chi connectivity index (χ2v) is 4.73. The smallest absolute Gasteiger partial charge is 0.124 e. The van der Waals surface area contributed by atoms with Gasteiger partial charge in [0.15, 0.2) is 0 Å². The number of likely N-dealkylation sites (N-methyl/N-ethyl adjacent to an activating group) is 1. The summed E-state index contributed by atoms with van der Waals surface area (Å²) in [5.74, 6) is -0.218. The van der Waals surface area contributed by atoms with E-state index in [1.807, 2.05) is 20.0 Å². The molecule has 0 aliphatic rings. The Balaban J connectivity index is 2.77. The van der Waals surface area contributed by atoms with E-state index in [4.69, 9.17) is 4.74 Å². The van der Waals surface area contributed by atoms with Crippen molar-refractivity contribution in [2.75, 3.05) is 14.2 Å². The van der Waals surface area contributed by atoms with Gasteiger partial charge in [0.05, 0.1) is 6.10 Å². The van der Waals surface area contributed by atoms with Crippen LogP contribution >= 0.6 is 15.9 Å². The molecule has 90 valence electrons. The maximum atomic E-state index is 13.2. The minimum absolute atomic E-state index is 0.0899. The van der Waals surface area contributed by atoms with Crippen LogP contribution in [0.3, 0.4) is 0 Å². The van der Waals surface area contributed by atoms with Crippen molar-refractivity contribution in [1.29, 1.82) is 0 Å². The van der Waals surface area contributed by atoms with Crippen LogP contribution in [0, 0.1) is 5.82 Å². The second-order valence-electron chi connectivity index (χ2n) is 3.82. The first-order valence-electron chi connectivity index (χ1n) is 5.22. The lowest BCUT2D eigenvalue weighted by molar-refractivity contribution is 0.0857. The normalized spacial score (nSPS) is 14.8. The Hall–Kier alpha value is -0.450. The van der Waals surface area contributed by atoms with Crippen LogP contribution in [0.5, 0.6) is 0 Å². The maximum absolute atomic E-state index is 13.2. The van der Waals surface area contributed by atoms with Gasteiger partial charge in [-0.15, -0.1) is 0 Å². The summed E-state index contributed by atoms with van der Waals surface area (Å²) in [6.07, 6.45) is 0.828. The lowest BCUT2D eigenvalue weighted by Crippen LogP contribution is -2.38. The highest BCUT2D eigenvalue weighted by Gasteiger charge is 2.15. The molecule has 0 bridgehead atoms. The van der Waals surface area contributed by atoms with E-state index in [-0.39, 0.29) is 18.0 Å². The standard InChI is InChI=1S/C12H17BrFNO/c1-8(16-3)12(15-2)6-9-4-10(13)7-11(14)5-9/h4-5,7-8,12,15H,6H2,1-3H3. The third-order valence-electron chi connectivity index (χ3n) is 2.69. The van der Waals surface area contributed by atoms with Crippen LogP contribution in [0.4, 0.5) is 4.39 Å². The summed E-state index contributed by atoms with van der Waals surface area (Å²) in [5.41, 5.74) is 0.954. The third kappa shape index (κ3) is 3.85. The zero-order chi connectivity index (χ0) is 12.1. The van der Waals surface area contributed by atoms with Gasteiger partial charge >= 0.3 is 0 Å². The number of ether oxygens (including phenoxy) is 1. The summed E-state index contributed by atoms with van der Waals surface area (Å²) < 4.78 is 19.2. The molecule has 2 unspecified atom stereocenters. The highest BCUT2D eigenvalue weighted by atomic mass is 79.9. The molecule has 2 nitrogen and oxygen atoms in total. The third-order valence-corrected chi connectivity index (χ3v) is 3.15. The Morgan fingerprint density at radius 1 is 1.44 bits per heavy atom. The Bertz CT molecular complexity index is 326. The van der Waals surface area contributed by atoms with E-state index in [1.165, 1.54) is 6.07 Å². The molecule has 1 aromatic rings. The molecule has 0 aromatic heterocycles. The van der Waals surface area contributed by atoms with Crippen LogP contribution in [0.15, 0.2) is 22.7 Å². The minimum atomic E-state index is -0.218. The number of rotatable bonds is 5. The zero-order valence-electron chi connectivity index (χ0n) is 9.76. The predicted octanol–water partition coefficient (Wildman–Crippen LogP) is 2.75. The molecule has 0 spiro atoms. The quantitative estimate of drug-likeness (QED) is 0.900. The molecule has 0 aliphatic carbocycles. The first-order valence-corrected chi connectivity index (χ1v) is 6.01. The summed E-state index contributed by atoms with van der Waals surface area (Å²) >= 11 is 3.29. The molecule has 2 atom stereocenters. The first-order chi connectivity index (χ1) is 7.56. The SMILES string of the molecule is CNC(Cc1cc(F)cc(Br)c1)C(C)OC. The van der Waals surface area contributed by atoms with E-state index in [0.717, 1.165) is 16.5 Å². The number of halogens is 2. The van der Waals surface area contributed by atoms with Gasteiger partial charge in [-0.25, -0.2) is 4.39 Å². The minimum Gasteiger partial charge on any atom is -0.380 e. The molecular weight excluding hydrogens is 273 g/mol. The van der Waals surface area contributed by atoms with E-state index < -0.39 is 0 Å². The monoisotopic (exact) mass is 289 g/mol. The van der Waals surface area contributed by atoms with E-state index in [0.29, 0.717) is 0 Å². The summed E-state index contributed by atoms with van der Waals surface area (Å²) in [6.45, 7) is 2.00. The topological polar surface area (TPSA) is 21.3 Å². The van der Waals surface area contributed by atoms with Gasteiger partial charge in [0.2, 0.25) is 0 Å². The van der Waals surface area contributed by atoms with Crippen molar-refractivity contribution in [2.45, 2.75) is 25.5 Å². The van der Waals surface area contributed by atoms with Crippen molar-refractivity contribution in [3.05, 3.63) is 34.1 Å². The zero-order valence-corrected chi connectivity index (χ0v) is 11.3. The van der Waals surface area contributed by atoms with Gasteiger partial charge in [0, 0.05) is 17.6 Å². The number of benzene rings is 1. The lowest BCUT2D eigenvalue weighted by Gasteiger charge is -2.22. The average Bonchev–Trinajstić information content (AvgIpc) is 2.23. The average molecular weight is 290 g/mol. The molecule has 16 heavy (non-hydrogen) atoms. The maximum Gasteiger partial charge on any atom is 0.124 e. The molecule has 1 aromatic carbocycles. The highest BCUT2D eigenvalue weighted by molar-refractivity contribution is 9.10. The van der Waals surface area contributed by atoms with E-state index >= 15 is 0 Å². The van der Waals surface area contributed by atoms with E-state index in [2.05, 4.69) is 21.2 Å². The fourth-order valence-corrected chi connectivity index (χ4v) is 2.16. The second kappa shape index (κ2) is 6.33. The Kier molecular flexibility index (Phi) is 5.38. The largest absolute Gasteiger partial charge is 0.380 e. The van der Waals surface area contributed by atoms with Crippen molar-refractivity contribution < 1.29 is 9.13 Å². The fourth-order valence-electron chi connectivity index (χ4n) is 1.65. The van der Waals surface area contributed by atoms with Gasteiger partial charge in [0.25, 0.3) is 0 Å². The van der Waals surface area contributed by atoms with Crippen LogP contribution in [-0.2, 0) is 11.2 Å². The van der Waals surface area contributed by atoms with Gasteiger partial charge in [-0.05, 0) is 44.2 Å². The Morgan fingerprint density at radius 2 is 2.12 bits per heavy atom. The van der Waals surface area contributed by atoms with Gasteiger partial charge in [-0.1, -0.05) is 15.9 Å². The number of methoxy groups -OCH3 is 1. The summed E-state index contributed by atoms with van der Waals surface area (Å²) in [6, 6.07) is 5.11. The predicted molar refractivity (Wildman–Crippen MR) is 67.1 cm³/mol. The molecule has 0 aliphatic heterocycles. The first kappa shape index (κ1) is 13.6. The van der Waals surface area contributed by atoms with Gasteiger partial charge < -0.3 is 10.1 Å². The molecule has 1 rings (SSSR count). The van der Waals surface area contributed by atoms with Gasteiger partial charge in [-0.2, -0.15) is 0 Å². The van der Waals surface area contributed by atoms with Crippen molar-refractivity contribution in [1.82, 2.24) is 5.32 Å². The Labute approximate surface area is 104 Å². The van der Waals surface area contributed by atoms with Crippen molar-refractivity contribution in [3.8, 4) is 0 Å². The Morgan fingerprint density at radius 3 is 2.62 bits per heavy atom. The van der Waals surface area contributed by atoms with Crippen LogP contribution in [0.25, 0.3) is 0 Å². The van der Waals surface area contributed by atoms with E-state index in [9.17, 15) is 4.39 Å². The summed E-state index contributed by atoms with van der Waals surface area (Å²) in [7, 11) is 3.56. The molecule has 0 heterocycles. The summed E-state index contributed by atoms with van der Waals surface area (Å²) in [5, 5.41) is 3.18. The van der Waals surface area contributed by atoms with Gasteiger partial charge in [0.1, 0.15) is 5.82 Å². The van der Waals surface area contributed by atoms with Crippen LogP contribution in [-0.4, -0.2) is 26.3 Å². The highest BCUT2D eigenvalue weighted by Crippen LogP contribution is 2.17. The molecule has 1 N–H and O–H groups in total. The van der Waals surface area contributed by atoms with Crippen LogP contribution < -0.4 is 5.32 Å². The number of hydrogen-bond donors (Lipinski definition) is 1. The van der Waals surface area contributed by atoms with Crippen LogP contribution in [0.1, 0.15) is 12.5 Å². The van der Waals surface area contributed by atoms with Crippen LogP contribution in [0.2, 0.25) is 0 Å². The molecule has 0 amide bonds. The van der Waals surface area contributed by atoms with Crippen molar-refractivity contribution in [2.24, 2.45) is 0 Å². The lowest BCUT2D eigenvalue weighted by atomic mass is 10.0. The molecular formula is C12H17BrFNO. The number of hydrogen-bond acceptors (Lipinski definition) is 2. The summed E-state index contributed by atoms with van der Waals surface area (Å²) in [4.78, 5) is 0. The number of nitrogens with one attached hydrogen (secondary N) is 1. The molecule has 0 saturated carbocycles. The molecule has 0 saturated heterocycles. The fraction of sp³-hybridized carbons (Fsp3) is 0.500. The van der Waals surface area contributed by atoms with Gasteiger partial charge in [-0.3, -0.25) is 0 Å². The van der Waals surface area contributed by atoms with Crippen molar-refractivity contribution >= 4 is 15.9 Å². The molecule has 4 heteroatoms. The van der Waals surface area contributed by atoms with Crippen molar-refractivity contribution in [3.63, 3.8) is 0 Å².